The van der Waals surface area contributed by atoms with Gasteiger partial charge in [-0.05, 0) is 30.7 Å². The van der Waals surface area contributed by atoms with Crippen LogP contribution in [0.15, 0.2) is 24.3 Å². The lowest BCUT2D eigenvalue weighted by Gasteiger charge is -2.15. The Morgan fingerprint density at radius 2 is 2.00 bits per heavy atom. The highest BCUT2D eigenvalue weighted by Gasteiger charge is 2.21. The first-order valence-corrected chi connectivity index (χ1v) is 7.60. The van der Waals surface area contributed by atoms with Crippen LogP contribution in [-0.4, -0.2) is 51.7 Å². The van der Waals surface area contributed by atoms with Crippen LogP contribution in [-0.2, 0) is 9.53 Å². The summed E-state index contributed by atoms with van der Waals surface area (Å²) in [5.74, 6) is 0.0483. The molecule has 2 amide bonds. The quantitative estimate of drug-likeness (QED) is 0.696. The Balaban J connectivity index is 1.77. The van der Waals surface area contributed by atoms with Crippen molar-refractivity contribution in [3.05, 3.63) is 29.8 Å². The van der Waals surface area contributed by atoms with Crippen LogP contribution < -0.4 is 15.5 Å². The van der Waals surface area contributed by atoms with Crippen molar-refractivity contribution in [1.82, 2.24) is 10.6 Å². The molecular formula is C16H23N3O3. The monoisotopic (exact) mass is 305 g/mol. The van der Waals surface area contributed by atoms with Crippen molar-refractivity contribution in [2.75, 3.05) is 44.8 Å². The Labute approximate surface area is 130 Å². The van der Waals surface area contributed by atoms with Crippen LogP contribution in [0.3, 0.4) is 0 Å². The molecule has 1 aliphatic rings. The van der Waals surface area contributed by atoms with E-state index in [2.05, 4.69) is 10.6 Å². The minimum Gasteiger partial charge on any atom is -0.383 e. The molecule has 0 aromatic heterocycles. The van der Waals surface area contributed by atoms with E-state index in [9.17, 15) is 9.59 Å². The number of nitrogens with zero attached hydrogens (tertiary/aromatic N) is 1. The summed E-state index contributed by atoms with van der Waals surface area (Å²) >= 11 is 0. The summed E-state index contributed by atoms with van der Waals surface area (Å²) in [4.78, 5) is 25.4. The number of methoxy groups -OCH3 is 1. The second-order valence-corrected chi connectivity index (χ2v) is 5.19. The Morgan fingerprint density at radius 3 is 2.64 bits per heavy atom. The van der Waals surface area contributed by atoms with E-state index in [1.165, 1.54) is 0 Å². The highest BCUT2D eigenvalue weighted by Crippen LogP contribution is 2.21. The molecule has 0 saturated carbocycles. The number of rotatable bonds is 8. The molecule has 1 aromatic carbocycles. The number of carbonyl (C=O) groups is 2. The number of amides is 2. The highest BCUT2D eigenvalue weighted by atomic mass is 16.5. The standard InChI is InChI=1S/C16H23N3O3/c1-22-12-10-17-8-9-18-16(21)13-4-6-14(7-5-13)19-11-2-3-15(19)20/h4-7,17H,2-3,8-12H2,1H3,(H,18,21). The van der Waals surface area contributed by atoms with Gasteiger partial charge in [-0.1, -0.05) is 0 Å². The lowest BCUT2D eigenvalue weighted by atomic mass is 10.2. The fraction of sp³-hybridized carbons (Fsp3) is 0.500. The molecule has 1 heterocycles. The second kappa shape index (κ2) is 8.51. The molecule has 6 heteroatoms. The van der Waals surface area contributed by atoms with Crippen molar-refractivity contribution in [1.29, 1.82) is 0 Å². The summed E-state index contributed by atoms with van der Waals surface area (Å²) in [6.45, 7) is 3.46. The van der Waals surface area contributed by atoms with Crippen LogP contribution in [0.1, 0.15) is 23.2 Å². The molecule has 2 rings (SSSR count). The Hall–Kier alpha value is -1.92. The number of carbonyl (C=O) groups excluding carboxylic acids is 2. The predicted octanol–water partition coefficient (Wildman–Crippen LogP) is 0.779. The number of ether oxygens (including phenoxy) is 1. The average Bonchev–Trinajstić information content (AvgIpc) is 2.97. The minimum atomic E-state index is -0.104. The van der Waals surface area contributed by atoms with Crippen LogP contribution in [0.4, 0.5) is 5.69 Å². The molecule has 22 heavy (non-hydrogen) atoms. The van der Waals surface area contributed by atoms with E-state index in [4.69, 9.17) is 4.74 Å². The van der Waals surface area contributed by atoms with E-state index >= 15 is 0 Å². The van der Waals surface area contributed by atoms with E-state index in [1.807, 2.05) is 12.1 Å². The average molecular weight is 305 g/mol. The highest BCUT2D eigenvalue weighted by molar-refractivity contribution is 5.97. The molecule has 0 aliphatic carbocycles. The number of nitrogens with one attached hydrogen (secondary N) is 2. The van der Waals surface area contributed by atoms with Gasteiger partial charge in [0.1, 0.15) is 0 Å². The summed E-state index contributed by atoms with van der Waals surface area (Å²) < 4.78 is 4.92. The summed E-state index contributed by atoms with van der Waals surface area (Å²) in [7, 11) is 1.66. The molecule has 1 aliphatic heterocycles. The smallest absolute Gasteiger partial charge is 0.251 e. The Kier molecular flexibility index (Phi) is 6.36. The zero-order valence-electron chi connectivity index (χ0n) is 12.9. The SMILES string of the molecule is COCCNCCNC(=O)c1ccc(N2CCCC2=O)cc1. The Morgan fingerprint density at radius 1 is 1.23 bits per heavy atom. The largest absolute Gasteiger partial charge is 0.383 e. The number of benzene rings is 1. The maximum absolute atomic E-state index is 12.0. The topological polar surface area (TPSA) is 70.7 Å². The van der Waals surface area contributed by atoms with Gasteiger partial charge in [-0.2, -0.15) is 0 Å². The van der Waals surface area contributed by atoms with Gasteiger partial charge >= 0.3 is 0 Å². The van der Waals surface area contributed by atoms with Gasteiger partial charge in [0.15, 0.2) is 0 Å². The van der Waals surface area contributed by atoms with Crippen molar-refractivity contribution in [2.45, 2.75) is 12.8 Å². The maximum Gasteiger partial charge on any atom is 0.251 e. The van der Waals surface area contributed by atoms with Gasteiger partial charge in [-0.3, -0.25) is 9.59 Å². The van der Waals surface area contributed by atoms with Gasteiger partial charge < -0.3 is 20.3 Å². The molecule has 1 aromatic rings. The number of anilines is 1. The van der Waals surface area contributed by atoms with Crippen molar-refractivity contribution in [2.24, 2.45) is 0 Å². The summed E-state index contributed by atoms with van der Waals surface area (Å²) in [6, 6.07) is 7.17. The van der Waals surface area contributed by atoms with E-state index < -0.39 is 0 Å². The van der Waals surface area contributed by atoms with Crippen molar-refractivity contribution < 1.29 is 14.3 Å². The van der Waals surface area contributed by atoms with Crippen molar-refractivity contribution >= 4 is 17.5 Å². The van der Waals surface area contributed by atoms with Crippen LogP contribution in [0.5, 0.6) is 0 Å². The van der Waals surface area contributed by atoms with E-state index in [0.29, 0.717) is 31.7 Å². The van der Waals surface area contributed by atoms with Gasteiger partial charge in [0, 0.05) is 51.0 Å². The van der Waals surface area contributed by atoms with Crippen LogP contribution in [0, 0.1) is 0 Å². The fourth-order valence-corrected chi connectivity index (χ4v) is 2.38. The van der Waals surface area contributed by atoms with E-state index in [0.717, 1.165) is 25.2 Å². The lowest BCUT2D eigenvalue weighted by molar-refractivity contribution is -0.117. The van der Waals surface area contributed by atoms with Gasteiger partial charge in [0.25, 0.3) is 5.91 Å². The molecule has 0 radical (unpaired) electrons. The Bertz CT molecular complexity index is 502. The zero-order chi connectivity index (χ0) is 15.8. The van der Waals surface area contributed by atoms with Crippen LogP contribution in [0.25, 0.3) is 0 Å². The fourth-order valence-electron chi connectivity index (χ4n) is 2.38. The molecular weight excluding hydrogens is 282 g/mol. The minimum absolute atomic E-state index is 0.104. The number of hydrogen-bond donors (Lipinski definition) is 2. The van der Waals surface area contributed by atoms with Crippen molar-refractivity contribution in [3.8, 4) is 0 Å². The second-order valence-electron chi connectivity index (χ2n) is 5.19. The predicted molar refractivity (Wildman–Crippen MR) is 85.1 cm³/mol. The molecule has 1 fully saturated rings. The molecule has 2 N–H and O–H groups in total. The molecule has 0 atom stereocenters. The summed E-state index contributed by atoms with van der Waals surface area (Å²) in [5, 5.41) is 6.01. The van der Waals surface area contributed by atoms with Gasteiger partial charge in [-0.25, -0.2) is 0 Å². The molecule has 0 bridgehead atoms. The van der Waals surface area contributed by atoms with E-state index in [-0.39, 0.29) is 11.8 Å². The van der Waals surface area contributed by atoms with E-state index in [1.54, 1.807) is 24.1 Å². The van der Waals surface area contributed by atoms with Crippen LogP contribution in [0.2, 0.25) is 0 Å². The number of hydrogen-bond acceptors (Lipinski definition) is 4. The molecule has 0 unspecified atom stereocenters. The van der Waals surface area contributed by atoms with Gasteiger partial charge in [0.05, 0.1) is 6.61 Å². The van der Waals surface area contributed by atoms with Gasteiger partial charge in [-0.15, -0.1) is 0 Å². The third-order valence-electron chi connectivity index (χ3n) is 3.58. The molecule has 120 valence electrons. The normalized spacial score (nSPS) is 14.4. The third-order valence-corrected chi connectivity index (χ3v) is 3.58. The first-order valence-electron chi connectivity index (χ1n) is 7.60. The summed E-state index contributed by atoms with van der Waals surface area (Å²) in [5.41, 5.74) is 1.47. The van der Waals surface area contributed by atoms with Crippen LogP contribution >= 0.6 is 0 Å². The lowest BCUT2D eigenvalue weighted by Crippen LogP contribution is -2.33. The molecule has 0 spiro atoms. The molecule has 6 nitrogen and oxygen atoms in total. The first-order chi connectivity index (χ1) is 10.7. The molecule has 1 saturated heterocycles. The first kappa shape index (κ1) is 16.5. The summed E-state index contributed by atoms with van der Waals surface area (Å²) in [6.07, 6.45) is 1.51. The van der Waals surface area contributed by atoms with Crippen molar-refractivity contribution in [3.63, 3.8) is 0 Å². The van der Waals surface area contributed by atoms with Gasteiger partial charge in [0.2, 0.25) is 5.91 Å². The maximum atomic E-state index is 12.0. The third kappa shape index (κ3) is 4.54. The zero-order valence-corrected chi connectivity index (χ0v) is 12.9.